The van der Waals surface area contributed by atoms with Crippen molar-refractivity contribution < 1.29 is 13.9 Å². The number of carbonyl (C=O) groups excluding carboxylic acids is 1. The average Bonchev–Trinajstić information content (AvgIpc) is 2.71. The van der Waals surface area contributed by atoms with Crippen LogP contribution < -0.4 is 4.74 Å². The summed E-state index contributed by atoms with van der Waals surface area (Å²) in [5, 5.41) is 0. The maximum absolute atomic E-state index is 10.2. The van der Waals surface area contributed by atoms with Gasteiger partial charge >= 0.3 is 0 Å². The molecule has 1 aromatic carbocycles. The molecule has 0 saturated carbocycles. The zero-order chi connectivity index (χ0) is 13.7. The maximum Gasteiger partial charge on any atom is 0.203 e. The van der Waals surface area contributed by atoms with Crippen LogP contribution in [0.3, 0.4) is 0 Å². The molecule has 0 saturated heterocycles. The lowest BCUT2D eigenvalue weighted by Gasteiger charge is -2.04. The number of aromatic nitrogens is 1. The van der Waals surface area contributed by atoms with Gasteiger partial charge in [0, 0.05) is 6.42 Å². The number of oxazole rings is 1. The standard InChI is InChI=1S/C15H16NO3/c1-11-12(2)19-15(16-11)8-10-18-14-5-3-13(4-6-14)7-9-17/h3-6H,7-8,10H2,1-2H3. The molecule has 0 N–H and O–H groups in total. The number of nitrogens with zero attached hydrogens (tertiary/aromatic N) is 1. The van der Waals surface area contributed by atoms with Crippen LogP contribution in [0.2, 0.25) is 0 Å². The van der Waals surface area contributed by atoms with Crippen molar-refractivity contribution in [2.24, 2.45) is 0 Å². The van der Waals surface area contributed by atoms with Gasteiger partial charge in [-0.15, -0.1) is 0 Å². The molecule has 4 heteroatoms. The Kier molecular flexibility index (Phi) is 4.34. The lowest BCUT2D eigenvalue weighted by atomic mass is 10.2. The van der Waals surface area contributed by atoms with Gasteiger partial charge in [0.1, 0.15) is 11.5 Å². The van der Waals surface area contributed by atoms with Gasteiger partial charge in [0.05, 0.1) is 18.7 Å². The third-order valence-corrected chi connectivity index (χ3v) is 2.86. The molecule has 0 aliphatic carbocycles. The first-order chi connectivity index (χ1) is 9.19. The smallest absolute Gasteiger partial charge is 0.203 e. The lowest BCUT2D eigenvalue weighted by molar-refractivity contribution is 0.304. The molecule has 0 spiro atoms. The van der Waals surface area contributed by atoms with Crippen LogP contribution in [0.5, 0.6) is 5.75 Å². The normalized spacial score (nSPS) is 10.4. The highest BCUT2D eigenvalue weighted by molar-refractivity contribution is 5.55. The van der Waals surface area contributed by atoms with Gasteiger partial charge in [-0.3, -0.25) is 4.79 Å². The van der Waals surface area contributed by atoms with Crippen LogP contribution in [0.25, 0.3) is 0 Å². The summed E-state index contributed by atoms with van der Waals surface area (Å²) in [5.74, 6) is 2.32. The predicted molar refractivity (Wildman–Crippen MR) is 71.0 cm³/mol. The second-order valence-corrected chi connectivity index (χ2v) is 4.31. The monoisotopic (exact) mass is 258 g/mol. The van der Waals surface area contributed by atoms with Crippen LogP contribution in [0.15, 0.2) is 28.7 Å². The van der Waals surface area contributed by atoms with E-state index in [0.717, 1.165) is 22.8 Å². The van der Waals surface area contributed by atoms with Gasteiger partial charge in [-0.05, 0) is 31.5 Å². The zero-order valence-corrected chi connectivity index (χ0v) is 11.1. The van der Waals surface area contributed by atoms with Crippen molar-refractivity contribution in [3.63, 3.8) is 0 Å². The highest BCUT2D eigenvalue weighted by atomic mass is 16.5. The molecule has 2 rings (SSSR count). The van der Waals surface area contributed by atoms with E-state index in [0.29, 0.717) is 25.3 Å². The summed E-state index contributed by atoms with van der Waals surface area (Å²) in [6, 6.07) is 7.41. The van der Waals surface area contributed by atoms with E-state index in [4.69, 9.17) is 9.15 Å². The van der Waals surface area contributed by atoms with Crippen molar-refractivity contribution in [3.05, 3.63) is 47.2 Å². The van der Waals surface area contributed by atoms with Crippen molar-refractivity contribution in [2.45, 2.75) is 26.7 Å². The largest absolute Gasteiger partial charge is 0.493 e. The molecule has 0 fully saturated rings. The molecule has 99 valence electrons. The van der Waals surface area contributed by atoms with Gasteiger partial charge in [-0.25, -0.2) is 4.98 Å². The highest BCUT2D eigenvalue weighted by Crippen LogP contribution is 2.13. The fourth-order valence-corrected chi connectivity index (χ4v) is 1.69. The number of ether oxygens (including phenoxy) is 1. The molecule has 0 amide bonds. The first-order valence-corrected chi connectivity index (χ1v) is 6.18. The SMILES string of the molecule is Cc1nc(CCOc2ccc(C[C]=O)cc2)oc1C. The lowest BCUT2D eigenvalue weighted by Crippen LogP contribution is -2.01. The van der Waals surface area contributed by atoms with E-state index in [1.54, 1.807) is 0 Å². The molecule has 1 heterocycles. The van der Waals surface area contributed by atoms with Gasteiger partial charge in [0.25, 0.3) is 0 Å². The Morgan fingerprint density at radius 1 is 1.26 bits per heavy atom. The summed E-state index contributed by atoms with van der Waals surface area (Å²) in [4.78, 5) is 14.5. The van der Waals surface area contributed by atoms with Crippen molar-refractivity contribution in [2.75, 3.05) is 6.61 Å². The summed E-state index contributed by atoms with van der Waals surface area (Å²) < 4.78 is 11.1. The Hall–Kier alpha value is -2.10. The topological polar surface area (TPSA) is 52.3 Å². The van der Waals surface area contributed by atoms with Gasteiger partial charge < -0.3 is 9.15 Å². The van der Waals surface area contributed by atoms with Crippen LogP contribution in [-0.2, 0) is 17.6 Å². The summed E-state index contributed by atoms with van der Waals surface area (Å²) in [5.41, 5.74) is 1.85. The highest BCUT2D eigenvalue weighted by Gasteiger charge is 2.05. The van der Waals surface area contributed by atoms with Crippen molar-refractivity contribution in [1.29, 1.82) is 0 Å². The third kappa shape index (κ3) is 3.68. The van der Waals surface area contributed by atoms with E-state index in [1.165, 1.54) is 0 Å². The molecule has 0 atom stereocenters. The number of rotatable bonds is 6. The molecule has 19 heavy (non-hydrogen) atoms. The number of aryl methyl sites for hydroxylation is 2. The minimum Gasteiger partial charge on any atom is -0.493 e. The van der Waals surface area contributed by atoms with Crippen molar-refractivity contribution in [1.82, 2.24) is 4.98 Å². The Bertz CT molecular complexity index is 524. The molecule has 0 unspecified atom stereocenters. The Balaban J connectivity index is 1.83. The van der Waals surface area contributed by atoms with E-state index in [9.17, 15) is 4.79 Å². The van der Waals surface area contributed by atoms with E-state index in [1.807, 2.05) is 44.4 Å². The molecular formula is C15H16NO3. The molecule has 0 aliphatic rings. The van der Waals surface area contributed by atoms with E-state index >= 15 is 0 Å². The molecule has 4 nitrogen and oxygen atoms in total. The van der Waals surface area contributed by atoms with Gasteiger partial charge in [-0.2, -0.15) is 0 Å². The second kappa shape index (κ2) is 6.18. The molecule has 2 aromatic rings. The molecule has 0 bridgehead atoms. The predicted octanol–water partition coefficient (Wildman–Crippen LogP) is 2.57. The Morgan fingerprint density at radius 2 is 2.00 bits per heavy atom. The first-order valence-electron chi connectivity index (χ1n) is 6.18. The molecule has 1 aromatic heterocycles. The number of benzene rings is 1. The number of hydrogen-bond acceptors (Lipinski definition) is 4. The maximum atomic E-state index is 10.2. The van der Waals surface area contributed by atoms with E-state index in [-0.39, 0.29) is 0 Å². The fraction of sp³-hybridized carbons (Fsp3) is 0.333. The van der Waals surface area contributed by atoms with Crippen LogP contribution in [0.1, 0.15) is 22.9 Å². The summed E-state index contributed by atoms with van der Waals surface area (Å²) in [7, 11) is 0. The third-order valence-electron chi connectivity index (χ3n) is 2.86. The van der Waals surface area contributed by atoms with Gasteiger partial charge in [0.15, 0.2) is 5.89 Å². The van der Waals surface area contributed by atoms with E-state index in [2.05, 4.69) is 4.98 Å². The summed E-state index contributed by atoms with van der Waals surface area (Å²) >= 11 is 0. The van der Waals surface area contributed by atoms with Crippen LogP contribution >= 0.6 is 0 Å². The van der Waals surface area contributed by atoms with Crippen molar-refractivity contribution >= 4 is 6.29 Å². The quantitative estimate of drug-likeness (QED) is 0.799. The first kappa shape index (κ1) is 13.3. The summed E-state index contributed by atoms with van der Waals surface area (Å²) in [6.45, 7) is 4.33. The zero-order valence-electron chi connectivity index (χ0n) is 11.1. The van der Waals surface area contributed by atoms with Crippen LogP contribution in [-0.4, -0.2) is 17.9 Å². The number of hydrogen-bond donors (Lipinski definition) is 0. The minimum atomic E-state index is 0.315. The Morgan fingerprint density at radius 3 is 2.58 bits per heavy atom. The van der Waals surface area contributed by atoms with Crippen LogP contribution in [0.4, 0.5) is 0 Å². The van der Waals surface area contributed by atoms with Crippen LogP contribution in [0, 0.1) is 13.8 Å². The molecular weight excluding hydrogens is 242 g/mol. The van der Waals surface area contributed by atoms with Gasteiger partial charge in [0.2, 0.25) is 6.29 Å². The Labute approximate surface area is 112 Å². The van der Waals surface area contributed by atoms with Gasteiger partial charge in [-0.1, -0.05) is 12.1 Å². The van der Waals surface area contributed by atoms with Crippen molar-refractivity contribution in [3.8, 4) is 5.75 Å². The average molecular weight is 258 g/mol. The van der Waals surface area contributed by atoms with E-state index < -0.39 is 0 Å². The second-order valence-electron chi connectivity index (χ2n) is 4.31. The molecule has 0 aliphatic heterocycles. The summed E-state index contributed by atoms with van der Waals surface area (Å²) in [6.07, 6.45) is 2.82. The minimum absolute atomic E-state index is 0.315. The fourth-order valence-electron chi connectivity index (χ4n) is 1.69. The molecule has 1 radical (unpaired) electrons.